The van der Waals surface area contributed by atoms with Gasteiger partial charge in [0.2, 0.25) is 0 Å². The van der Waals surface area contributed by atoms with Crippen LogP contribution in [-0.4, -0.2) is 6.71 Å². The SMILES string of the molecule is Fc1ccc(N2c3ccccc3B3c4cc(F)ccc4N(c4ccc(F)cc4)c4cc(C56CC7CC(CC(C7)C5)C6)cc2c43)cc1. The molecule has 11 rings (SSSR count). The van der Waals surface area contributed by atoms with Gasteiger partial charge in [-0.15, -0.1) is 0 Å². The lowest BCUT2D eigenvalue weighted by Crippen LogP contribution is -2.61. The normalized spacial score (nSPS) is 24.9. The zero-order valence-corrected chi connectivity index (χ0v) is 25.4. The molecule has 0 aromatic heterocycles. The van der Waals surface area contributed by atoms with E-state index in [-0.39, 0.29) is 29.6 Å². The molecule has 0 radical (unpaired) electrons. The van der Waals surface area contributed by atoms with Crippen LogP contribution in [0, 0.1) is 35.2 Å². The number of fused-ring (bicyclic) bond motifs is 4. The Bertz CT molecular complexity index is 1990. The van der Waals surface area contributed by atoms with Gasteiger partial charge in [0.05, 0.1) is 0 Å². The third-order valence-electron chi connectivity index (χ3n) is 11.8. The van der Waals surface area contributed by atoms with Gasteiger partial charge in [-0.2, -0.15) is 0 Å². The van der Waals surface area contributed by atoms with Crippen molar-refractivity contribution in [2.45, 2.75) is 43.9 Å². The lowest BCUT2D eigenvalue weighted by atomic mass is 9.33. The van der Waals surface area contributed by atoms with Gasteiger partial charge in [-0.25, -0.2) is 13.2 Å². The van der Waals surface area contributed by atoms with Gasteiger partial charge in [0.15, 0.2) is 0 Å². The molecule has 6 heteroatoms. The zero-order valence-electron chi connectivity index (χ0n) is 25.4. The molecule has 2 nitrogen and oxygen atoms in total. The molecule has 0 amide bonds. The Kier molecular flexibility index (Phi) is 5.55. The molecule has 5 aromatic carbocycles. The molecule has 0 saturated heterocycles. The first-order chi connectivity index (χ1) is 22.4. The third-order valence-corrected chi connectivity index (χ3v) is 11.8. The Morgan fingerprint density at radius 2 is 1.02 bits per heavy atom. The van der Waals surface area contributed by atoms with Gasteiger partial charge in [0, 0.05) is 34.1 Å². The average molecular weight is 609 g/mol. The molecule has 2 aliphatic heterocycles. The predicted octanol–water partition coefficient (Wildman–Crippen LogP) is 8.65. The maximum absolute atomic E-state index is 15.2. The van der Waals surface area contributed by atoms with Crippen LogP contribution in [0.5, 0.6) is 0 Å². The minimum atomic E-state index is -0.293. The Labute approximate surface area is 267 Å². The Morgan fingerprint density at radius 3 is 1.59 bits per heavy atom. The molecule has 0 atom stereocenters. The van der Waals surface area contributed by atoms with E-state index in [2.05, 4.69) is 34.1 Å². The molecule has 2 heterocycles. The number of benzene rings is 5. The van der Waals surface area contributed by atoms with E-state index in [4.69, 9.17) is 0 Å². The summed E-state index contributed by atoms with van der Waals surface area (Å²) in [6.45, 7) is -0.203. The molecular formula is C40H32BF3N2. The van der Waals surface area contributed by atoms with Gasteiger partial charge in [-0.3, -0.25) is 0 Å². The summed E-state index contributed by atoms with van der Waals surface area (Å²) in [7, 11) is 0. The van der Waals surface area contributed by atoms with Crippen molar-refractivity contribution < 1.29 is 13.2 Å². The highest BCUT2D eigenvalue weighted by atomic mass is 19.1. The van der Waals surface area contributed by atoms with Crippen molar-refractivity contribution in [2.24, 2.45) is 17.8 Å². The Hall–Kier alpha value is -4.45. The molecule has 4 aliphatic carbocycles. The average Bonchev–Trinajstić information content (AvgIpc) is 3.05. The van der Waals surface area contributed by atoms with Crippen molar-refractivity contribution in [3.05, 3.63) is 126 Å². The standard InChI is InChI=1S/C40H32BF3N2/c42-28-5-10-31(11-6-28)45-35-4-2-1-3-33(35)41-34-20-30(44)9-14-36(34)46(32-12-7-29(43)8-13-32)38-19-27(18-37(45)39(38)41)40-21-24-15-25(22-40)17-26(16-24)23-40/h1-14,18-20,24-26H,15-17,21-23H2. The highest BCUT2D eigenvalue weighted by molar-refractivity contribution is 7.00. The molecule has 46 heavy (non-hydrogen) atoms. The van der Waals surface area contributed by atoms with E-state index in [1.807, 2.05) is 42.5 Å². The summed E-state index contributed by atoms with van der Waals surface area (Å²) < 4.78 is 43.8. The summed E-state index contributed by atoms with van der Waals surface area (Å²) >= 11 is 0. The fraction of sp³-hybridized carbons (Fsp3) is 0.250. The Morgan fingerprint density at radius 1 is 0.522 bits per heavy atom. The maximum atomic E-state index is 15.2. The van der Waals surface area contributed by atoms with Crippen LogP contribution >= 0.6 is 0 Å². The van der Waals surface area contributed by atoms with E-state index in [9.17, 15) is 8.78 Å². The van der Waals surface area contributed by atoms with Gasteiger partial charge in [-0.1, -0.05) is 18.2 Å². The van der Waals surface area contributed by atoms with E-state index in [0.717, 1.165) is 68.3 Å². The molecule has 226 valence electrons. The predicted molar refractivity (Wildman–Crippen MR) is 180 cm³/mol. The lowest BCUT2D eigenvalue weighted by molar-refractivity contribution is -0.00514. The Balaban J connectivity index is 1.30. The highest BCUT2D eigenvalue weighted by Crippen LogP contribution is 2.61. The quantitative estimate of drug-likeness (QED) is 0.185. The zero-order chi connectivity index (χ0) is 30.7. The summed E-state index contributed by atoms with van der Waals surface area (Å²) in [5, 5.41) is 0. The summed E-state index contributed by atoms with van der Waals surface area (Å²) in [4.78, 5) is 4.49. The van der Waals surface area contributed by atoms with E-state index in [0.29, 0.717) is 0 Å². The minimum Gasteiger partial charge on any atom is -0.311 e. The summed E-state index contributed by atoms with van der Waals surface area (Å²) in [6.07, 6.45) is 7.71. The van der Waals surface area contributed by atoms with E-state index >= 15 is 4.39 Å². The fourth-order valence-electron chi connectivity index (χ4n) is 10.4. The number of rotatable bonds is 3. The number of halogens is 3. The topological polar surface area (TPSA) is 6.48 Å². The van der Waals surface area contributed by atoms with Crippen LogP contribution < -0.4 is 26.2 Å². The second kappa shape index (κ2) is 9.54. The molecular weight excluding hydrogens is 576 g/mol. The van der Waals surface area contributed by atoms with Crippen LogP contribution in [0.15, 0.2) is 103 Å². The van der Waals surface area contributed by atoms with E-state index in [1.165, 1.54) is 74.4 Å². The van der Waals surface area contributed by atoms with Gasteiger partial charge >= 0.3 is 0 Å². The summed E-state index contributed by atoms with van der Waals surface area (Å²) in [5.74, 6) is 1.47. The van der Waals surface area contributed by atoms with Crippen molar-refractivity contribution in [2.75, 3.05) is 9.80 Å². The third kappa shape index (κ3) is 3.79. The number of anilines is 6. The highest BCUT2D eigenvalue weighted by Gasteiger charge is 2.53. The first-order valence-electron chi connectivity index (χ1n) is 16.6. The summed E-state index contributed by atoms with van der Waals surface area (Å²) in [5.41, 5.74) is 10.3. The molecule has 0 N–H and O–H groups in total. The van der Waals surface area contributed by atoms with Crippen LogP contribution in [0.1, 0.15) is 44.1 Å². The second-order valence-electron chi connectivity index (χ2n) is 14.4. The van der Waals surface area contributed by atoms with Crippen LogP contribution in [0.2, 0.25) is 0 Å². The van der Waals surface area contributed by atoms with Crippen LogP contribution in [0.4, 0.5) is 47.3 Å². The minimum absolute atomic E-state index is 0.110. The van der Waals surface area contributed by atoms with Crippen molar-refractivity contribution >= 4 is 57.2 Å². The molecule has 0 unspecified atom stereocenters. The molecule has 0 spiro atoms. The number of para-hydroxylation sites is 1. The van der Waals surface area contributed by atoms with Crippen LogP contribution in [0.25, 0.3) is 0 Å². The molecule has 4 fully saturated rings. The first kappa shape index (κ1) is 26.7. The van der Waals surface area contributed by atoms with Crippen LogP contribution in [-0.2, 0) is 5.41 Å². The number of nitrogens with zero attached hydrogens (tertiary/aromatic N) is 2. The fourth-order valence-corrected chi connectivity index (χ4v) is 10.4. The first-order valence-corrected chi connectivity index (χ1v) is 16.6. The van der Waals surface area contributed by atoms with E-state index in [1.54, 1.807) is 6.07 Å². The van der Waals surface area contributed by atoms with Gasteiger partial charge in [0.25, 0.3) is 6.71 Å². The largest absolute Gasteiger partial charge is 0.311 e. The molecule has 6 aliphatic rings. The number of hydrogen-bond acceptors (Lipinski definition) is 2. The monoisotopic (exact) mass is 608 g/mol. The van der Waals surface area contributed by atoms with Gasteiger partial charge < -0.3 is 9.80 Å². The molecule has 4 saturated carbocycles. The van der Waals surface area contributed by atoms with E-state index < -0.39 is 0 Å². The summed E-state index contributed by atoms with van der Waals surface area (Å²) in [6, 6.07) is 31.7. The van der Waals surface area contributed by atoms with Crippen molar-refractivity contribution in [3.63, 3.8) is 0 Å². The van der Waals surface area contributed by atoms with Crippen molar-refractivity contribution in [1.82, 2.24) is 0 Å². The molecule has 5 aromatic rings. The van der Waals surface area contributed by atoms with Crippen molar-refractivity contribution in [3.8, 4) is 0 Å². The van der Waals surface area contributed by atoms with Gasteiger partial charge in [-0.05, 0) is 169 Å². The van der Waals surface area contributed by atoms with Crippen molar-refractivity contribution in [1.29, 1.82) is 0 Å². The smallest absolute Gasteiger partial charge is 0.252 e. The van der Waals surface area contributed by atoms with Gasteiger partial charge in [0.1, 0.15) is 17.5 Å². The van der Waals surface area contributed by atoms with Crippen LogP contribution in [0.3, 0.4) is 0 Å². The lowest BCUT2D eigenvalue weighted by Gasteiger charge is -2.57. The molecule has 4 bridgehead atoms. The maximum Gasteiger partial charge on any atom is 0.252 e. The number of hydrogen-bond donors (Lipinski definition) is 0. The second-order valence-corrected chi connectivity index (χ2v) is 14.4.